The van der Waals surface area contributed by atoms with E-state index in [0.717, 1.165) is 25.1 Å². The molecule has 0 spiro atoms. The third kappa shape index (κ3) is 2.84. The van der Waals surface area contributed by atoms with Crippen molar-refractivity contribution in [2.45, 2.75) is 31.9 Å². The first kappa shape index (κ1) is 12.1. The fourth-order valence-corrected chi connectivity index (χ4v) is 2.07. The van der Waals surface area contributed by atoms with Gasteiger partial charge >= 0.3 is 6.18 Å². The van der Waals surface area contributed by atoms with Crippen molar-refractivity contribution in [3.05, 3.63) is 29.6 Å². The fraction of sp³-hybridized carbons (Fsp3) is 0.500. The Kier molecular flexibility index (Phi) is 3.17. The highest BCUT2D eigenvalue weighted by atomic mass is 19.4. The van der Waals surface area contributed by atoms with Gasteiger partial charge in [-0.15, -0.1) is 0 Å². The average Bonchev–Trinajstić information content (AvgIpc) is 2.64. The number of hydrogen-bond acceptors (Lipinski definition) is 2. The van der Waals surface area contributed by atoms with Gasteiger partial charge in [0, 0.05) is 24.2 Å². The topological polar surface area (TPSA) is 30.0 Å². The molecule has 1 aromatic heterocycles. The van der Waals surface area contributed by atoms with Gasteiger partial charge in [-0.05, 0) is 31.4 Å². The molecule has 1 atom stereocenters. The van der Waals surface area contributed by atoms with Crippen LogP contribution in [0, 0.1) is 5.92 Å². The normalized spacial score (nSPS) is 20.9. The van der Waals surface area contributed by atoms with E-state index in [9.17, 15) is 18.0 Å². The smallest absolute Gasteiger partial charge is 0.299 e. The maximum Gasteiger partial charge on any atom is 0.417 e. The maximum absolute atomic E-state index is 12.3. The van der Waals surface area contributed by atoms with Crippen molar-refractivity contribution in [2.24, 2.45) is 5.92 Å². The third-order valence-electron chi connectivity index (χ3n) is 3.04. The number of hydrogen-bond donors (Lipinski definition) is 0. The van der Waals surface area contributed by atoms with E-state index in [4.69, 9.17) is 0 Å². The quantitative estimate of drug-likeness (QED) is 0.799. The molecule has 0 unspecified atom stereocenters. The molecule has 1 aliphatic rings. The molecule has 0 amide bonds. The molecule has 1 saturated carbocycles. The summed E-state index contributed by atoms with van der Waals surface area (Å²) in [4.78, 5) is 15.2. The van der Waals surface area contributed by atoms with E-state index in [2.05, 4.69) is 4.98 Å². The van der Waals surface area contributed by atoms with Gasteiger partial charge in [0.25, 0.3) is 0 Å². The Hall–Kier alpha value is -1.39. The van der Waals surface area contributed by atoms with E-state index in [1.165, 1.54) is 6.07 Å². The molecular weight excluding hydrogens is 231 g/mol. The lowest BCUT2D eigenvalue weighted by molar-refractivity contribution is -0.137. The molecule has 1 aromatic rings. The first-order valence-corrected chi connectivity index (χ1v) is 5.51. The van der Waals surface area contributed by atoms with E-state index in [-0.39, 0.29) is 11.7 Å². The summed E-state index contributed by atoms with van der Waals surface area (Å²) in [6.07, 6.45) is -0.780. The zero-order valence-corrected chi connectivity index (χ0v) is 9.13. The van der Waals surface area contributed by atoms with Crippen LogP contribution in [0.4, 0.5) is 13.2 Å². The number of Topliss-reactive ketones (excluding diaryl/α,β-unsaturated/α-hetero) is 1. The number of carbonyl (C=O) groups is 1. The average molecular weight is 243 g/mol. The Morgan fingerprint density at radius 1 is 1.35 bits per heavy atom. The summed E-state index contributed by atoms with van der Waals surface area (Å²) < 4.78 is 36.9. The molecule has 1 fully saturated rings. The summed E-state index contributed by atoms with van der Waals surface area (Å²) in [6, 6.07) is 2.37. The first-order valence-electron chi connectivity index (χ1n) is 5.51. The van der Waals surface area contributed by atoms with Crippen LogP contribution < -0.4 is 0 Å². The van der Waals surface area contributed by atoms with Crippen LogP contribution in [-0.4, -0.2) is 10.8 Å². The maximum atomic E-state index is 12.3. The number of nitrogens with zero attached hydrogens (tertiary/aromatic N) is 1. The predicted molar refractivity (Wildman–Crippen MR) is 55.3 cm³/mol. The molecule has 2 nitrogen and oxygen atoms in total. The third-order valence-corrected chi connectivity index (χ3v) is 3.04. The highest BCUT2D eigenvalue weighted by Crippen LogP contribution is 2.29. The molecule has 5 heteroatoms. The molecule has 0 aromatic carbocycles. The minimum Gasteiger partial charge on any atom is -0.299 e. The standard InChI is InChI=1S/C12H12F3NO/c13-12(14,15)9-4-5-10(16-7-9)6-8-2-1-3-11(8)17/h4-5,7-8H,1-3,6H2/t8-/m1/s1. The molecule has 0 aliphatic heterocycles. The second-order valence-corrected chi connectivity index (χ2v) is 4.30. The minimum atomic E-state index is -4.35. The second kappa shape index (κ2) is 4.47. The van der Waals surface area contributed by atoms with Gasteiger partial charge in [-0.25, -0.2) is 0 Å². The minimum absolute atomic E-state index is 0.0563. The van der Waals surface area contributed by atoms with Gasteiger partial charge in [0.2, 0.25) is 0 Å². The number of aromatic nitrogens is 1. The lowest BCUT2D eigenvalue weighted by Crippen LogP contribution is -2.11. The summed E-state index contributed by atoms with van der Waals surface area (Å²) in [5.41, 5.74) is -0.197. The largest absolute Gasteiger partial charge is 0.417 e. The molecule has 1 aliphatic carbocycles. The zero-order chi connectivity index (χ0) is 12.5. The lowest BCUT2D eigenvalue weighted by atomic mass is 10.0. The molecular formula is C12H12F3NO. The molecule has 92 valence electrons. The van der Waals surface area contributed by atoms with Crippen LogP contribution in [0.1, 0.15) is 30.5 Å². The van der Waals surface area contributed by atoms with E-state index in [0.29, 0.717) is 18.5 Å². The van der Waals surface area contributed by atoms with Crippen molar-refractivity contribution in [1.29, 1.82) is 0 Å². The lowest BCUT2D eigenvalue weighted by Gasteiger charge is -2.09. The van der Waals surface area contributed by atoms with Crippen LogP contribution in [0.25, 0.3) is 0 Å². The Balaban J connectivity index is 2.06. The Morgan fingerprint density at radius 2 is 2.12 bits per heavy atom. The van der Waals surface area contributed by atoms with Crippen LogP contribution in [0.15, 0.2) is 18.3 Å². The summed E-state index contributed by atoms with van der Waals surface area (Å²) >= 11 is 0. The molecule has 0 radical (unpaired) electrons. The molecule has 17 heavy (non-hydrogen) atoms. The van der Waals surface area contributed by atoms with E-state index in [1.54, 1.807) is 0 Å². The SMILES string of the molecule is O=C1CCC[C@@H]1Cc1ccc(C(F)(F)F)cn1. The number of pyridine rings is 1. The van der Waals surface area contributed by atoms with Gasteiger partial charge in [-0.1, -0.05) is 0 Å². The monoisotopic (exact) mass is 243 g/mol. The Bertz CT molecular complexity index is 411. The van der Waals surface area contributed by atoms with E-state index >= 15 is 0 Å². The van der Waals surface area contributed by atoms with Gasteiger partial charge < -0.3 is 0 Å². The highest BCUT2D eigenvalue weighted by Gasteiger charge is 2.31. The summed E-state index contributed by atoms with van der Waals surface area (Å²) in [5.74, 6) is 0.144. The van der Waals surface area contributed by atoms with Crippen LogP contribution in [0.5, 0.6) is 0 Å². The molecule has 0 bridgehead atoms. The van der Waals surface area contributed by atoms with Crippen LogP contribution in [0.2, 0.25) is 0 Å². The van der Waals surface area contributed by atoms with Gasteiger partial charge in [0.1, 0.15) is 5.78 Å². The number of rotatable bonds is 2. The van der Waals surface area contributed by atoms with Gasteiger partial charge in [-0.2, -0.15) is 13.2 Å². The van der Waals surface area contributed by atoms with Crippen molar-refractivity contribution in [1.82, 2.24) is 4.98 Å². The van der Waals surface area contributed by atoms with Gasteiger partial charge in [0.15, 0.2) is 0 Å². The van der Waals surface area contributed by atoms with Crippen molar-refractivity contribution >= 4 is 5.78 Å². The highest BCUT2D eigenvalue weighted by molar-refractivity contribution is 5.83. The molecule has 2 rings (SSSR count). The summed E-state index contributed by atoms with van der Waals surface area (Å²) in [5, 5.41) is 0. The fourth-order valence-electron chi connectivity index (χ4n) is 2.07. The van der Waals surface area contributed by atoms with Crippen LogP contribution >= 0.6 is 0 Å². The van der Waals surface area contributed by atoms with Crippen molar-refractivity contribution < 1.29 is 18.0 Å². The van der Waals surface area contributed by atoms with Crippen molar-refractivity contribution in [2.75, 3.05) is 0 Å². The van der Waals surface area contributed by atoms with Crippen LogP contribution in [0.3, 0.4) is 0 Å². The first-order chi connectivity index (χ1) is 7.97. The molecule has 0 saturated heterocycles. The number of ketones is 1. The van der Waals surface area contributed by atoms with Gasteiger partial charge in [-0.3, -0.25) is 9.78 Å². The van der Waals surface area contributed by atoms with Crippen molar-refractivity contribution in [3.63, 3.8) is 0 Å². The number of alkyl halides is 3. The summed E-state index contributed by atoms with van der Waals surface area (Å²) in [7, 11) is 0. The van der Waals surface area contributed by atoms with E-state index < -0.39 is 11.7 Å². The van der Waals surface area contributed by atoms with E-state index in [1.807, 2.05) is 0 Å². The second-order valence-electron chi connectivity index (χ2n) is 4.30. The van der Waals surface area contributed by atoms with Crippen LogP contribution in [-0.2, 0) is 17.4 Å². The van der Waals surface area contributed by atoms with Gasteiger partial charge in [0.05, 0.1) is 5.56 Å². The van der Waals surface area contributed by atoms with Crippen molar-refractivity contribution in [3.8, 4) is 0 Å². The molecule has 0 N–H and O–H groups in total. The zero-order valence-electron chi connectivity index (χ0n) is 9.13. The summed E-state index contributed by atoms with van der Waals surface area (Å²) in [6.45, 7) is 0. The predicted octanol–water partition coefficient (Wildman–Crippen LogP) is 3.01. The Morgan fingerprint density at radius 3 is 2.59 bits per heavy atom. The number of carbonyl (C=O) groups excluding carboxylic acids is 1. The Labute approximate surface area is 96.9 Å². The number of halogens is 3. The molecule has 1 heterocycles.